The lowest BCUT2D eigenvalue weighted by molar-refractivity contribution is -0.132. The van der Waals surface area contributed by atoms with Crippen LogP contribution in [0.4, 0.5) is 5.82 Å². The average molecular weight is 357 g/mol. The lowest BCUT2D eigenvalue weighted by Gasteiger charge is -2.34. The van der Waals surface area contributed by atoms with Crippen LogP contribution >= 0.6 is 0 Å². The minimum atomic E-state index is 0.327. The largest absolute Gasteiger partial charge is 0.356 e. The van der Waals surface area contributed by atoms with E-state index in [0.717, 1.165) is 55.7 Å². The van der Waals surface area contributed by atoms with Gasteiger partial charge in [0.25, 0.3) is 0 Å². The molecule has 2 fully saturated rings. The van der Waals surface area contributed by atoms with E-state index < -0.39 is 0 Å². The summed E-state index contributed by atoms with van der Waals surface area (Å²) in [6.45, 7) is 5.67. The van der Waals surface area contributed by atoms with E-state index in [0.29, 0.717) is 18.9 Å². The molecular formula is C21H32N4O. The van der Waals surface area contributed by atoms with Crippen molar-refractivity contribution in [1.29, 1.82) is 0 Å². The number of fused-ring (bicyclic) bond motifs is 1. The molecule has 5 nitrogen and oxygen atoms in total. The van der Waals surface area contributed by atoms with Crippen molar-refractivity contribution in [2.45, 2.75) is 77.7 Å². The summed E-state index contributed by atoms with van der Waals surface area (Å²) in [5, 5.41) is 0. The van der Waals surface area contributed by atoms with E-state index in [-0.39, 0.29) is 0 Å². The highest BCUT2D eigenvalue weighted by Gasteiger charge is 2.28. The predicted octanol–water partition coefficient (Wildman–Crippen LogP) is 3.63. The molecule has 1 aliphatic carbocycles. The van der Waals surface area contributed by atoms with Crippen LogP contribution in [0, 0.1) is 12.8 Å². The van der Waals surface area contributed by atoms with Gasteiger partial charge in [-0.2, -0.15) is 0 Å². The Balaban J connectivity index is 1.47. The van der Waals surface area contributed by atoms with Gasteiger partial charge in [-0.15, -0.1) is 0 Å². The van der Waals surface area contributed by atoms with Crippen molar-refractivity contribution in [1.82, 2.24) is 14.9 Å². The fraction of sp³-hybridized carbons (Fsp3) is 0.762. The first-order valence-electron chi connectivity index (χ1n) is 10.6. The first-order chi connectivity index (χ1) is 12.7. The van der Waals surface area contributed by atoms with Crippen LogP contribution in [0.5, 0.6) is 0 Å². The number of hydrogen-bond donors (Lipinski definition) is 0. The number of piperidine rings is 1. The number of amides is 1. The molecule has 1 aromatic heterocycles. The fourth-order valence-corrected chi connectivity index (χ4v) is 4.88. The van der Waals surface area contributed by atoms with Crippen molar-refractivity contribution >= 4 is 11.7 Å². The molecule has 1 saturated carbocycles. The molecule has 5 heteroatoms. The molecule has 26 heavy (non-hydrogen) atoms. The number of anilines is 1. The number of nitrogens with zero attached hydrogens (tertiary/aromatic N) is 4. The number of carbonyl (C=O) groups excluding carboxylic acids is 1. The first-order valence-corrected chi connectivity index (χ1v) is 10.6. The van der Waals surface area contributed by atoms with Crippen LogP contribution < -0.4 is 4.90 Å². The summed E-state index contributed by atoms with van der Waals surface area (Å²) in [4.78, 5) is 26.8. The summed E-state index contributed by atoms with van der Waals surface area (Å²) < 4.78 is 0. The minimum Gasteiger partial charge on any atom is -0.356 e. The Morgan fingerprint density at radius 3 is 2.58 bits per heavy atom. The summed E-state index contributed by atoms with van der Waals surface area (Å²) in [6.07, 6.45) is 11.8. The maximum Gasteiger partial charge on any atom is 0.222 e. The van der Waals surface area contributed by atoms with Crippen LogP contribution in [0.15, 0.2) is 0 Å². The third-order valence-corrected chi connectivity index (χ3v) is 6.40. The van der Waals surface area contributed by atoms with Crippen molar-refractivity contribution in [2.24, 2.45) is 5.92 Å². The summed E-state index contributed by atoms with van der Waals surface area (Å²) >= 11 is 0. The molecule has 0 spiro atoms. The summed E-state index contributed by atoms with van der Waals surface area (Å²) in [7, 11) is 0. The Bertz CT molecular complexity index is 648. The molecule has 0 unspecified atom stereocenters. The molecule has 0 bridgehead atoms. The molecule has 142 valence electrons. The second-order valence-corrected chi connectivity index (χ2v) is 8.32. The number of hydrogen-bond acceptors (Lipinski definition) is 4. The Hall–Kier alpha value is -1.65. The third-order valence-electron chi connectivity index (χ3n) is 6.40. The minimum absolute atomic E-state index is 0.327. The Morgan fingerprint density at radius 2 is 1.81 bits per heavy atom. The van der Waals surface area contributed by atoms with Crippen LogP contribution in [0.2, 0.25) is 0 Å². The van der Waals surface area contributed by atoms with Crippen molar-refractivity contribution in [3.8, 4) is 0 Å². The summed E-state index contributed by atoms with van der Waals surface area (Å²) in [6, 6.07) is 0. The molecule has 2 aliphatic heterocycles. The van der Waals surface area contributed by atoms with E-state index in [9.17, 15) is 4.79 Å². The SMILES string of the molecule is Cc1nc2c(c(N3CCCCC3)n1)CN(C(=O)CCC1CCCC1)CC2. The highest BCUT2D eigenvalue weighted by atomic mass is 16.2. The maximum atomic E-state index is 12.8. The molecule has 0 aromatic carbocycles. The second-order valence-electron chi connectivity index (χ2n) is 8.32. The van der Waals surface area contributed by atoms with E-state index in [2.05, 4.69) is 9.80 Å². The Labute approximate surface area is 157 Å². The highest BCUT2D eigenvalue weighted by molar-refractivity contribution is 5.76. The second kappa shape index (κ2) is 7.93. The van der Waals surface area contributed by atoms with Gasteiger partial charge in [0.05, 0.1) is 12.2 Å². The molecule has 1 saturated heterocycles. The van der Waals surface area contributed by atoms with Gasteiger partial charge in [-0.3, -0.25) is 4.79 Å². The van der Waals surface area contributed by atoms with Gasteiger partial charge >= 0.3 is 0 Å². The lowest BCUT2D eigenvalue weighted by atomic mass is 10.00. The Morgan fingerprint density at radius 1 is 1.04 bits per heavy atom. The number of carbonyl (C=O) groups is 1. The molecule has 0 atom stereocenters. The number of rotatable bonds is 4. The van der Waals surface area contributed by atoms with Gasteiger partial charge in [0.1, 0.15) is 11.6 Å². The van der Waals surface area contributed by atoms with E-state index in [1.54, 1.807) is 0 Å². The summed E-state index contributed by atoms with van der Waals surface area (Å²) in [5.41, 5.74) is 2.37. The number of aromatic nitrogens is 2. The van der Waals surface area contributed by atoms with E-state index in [4.69, 9.17) is 9.97 Å². The van der Waals surface area contributed by atoms with Crippen molar-refractivity contribution in [3.63, 3.8) is 0 Å². The van der Waals surface area contributed by atoms with Gasteiger partial charge < -0.3 is 9.80 Å². The van der Waals surface area contributed by atoms with E-state index in [1.165, 1.54) is 50.5 Å². The van der Waals surface area contributed by atoms with Crippen LogP contribution in [-0.2, 0) is 17.8 Å². The van der Waals surface area contributed by atoms with Gasteiger partial charge in [0.15, 0.2) is 0 Å². The van der Waals surface area contributed by atoms with E-state index >= 15 is 0 Å². The zero-order chi connectivity index (χ0) is 17.9. The highest BCUT2D eigenvalue weighted by Crippen LogP contribution is 2.31. The maximum absolute atomic E-state index is 12.8. The van der Waals surface area contributed by atoms with Gasteiger partial charge in [-0.05, 0) is 38.5 Å². The smallest absolute Gasteiger partial charge is 0.222 e. The molecule has 0 radical (unpaired) electrons. The average Bonchev–Trinajstić information content (AvgIpc) is 3.19. The van der Waals surface area contributed by atoms with Gasteiger partial charge in [0.2, 0.25) is 5.91 Å². The van der Waals surface area contributed by atoms with E-state index in [1.807, 2.05) is 6.92 Å². The standard InChI is InChI=1S/C21H32N4O/c1-16-22-19-11-14-25(20(26)10-9-17-7-3-4-8-17)15-18(19)21(23-16)24-12-5-2-6-13-24/h17H,2-15H2,1H3. The predicted molar refractivity (Wildman–Crippen MR) is 103 cm³/mol. The van der Waals surface area contributed by atoms with Crippen LogP contribution in [0.25, 0.3) is 0 Å². The van der Waals surface area contributed by atoms with Gasteiger partial charge in [0, 0.05) is 38.0 Å². The van der Waals surface area contributed by atoms with Crippen molar-refractivity contribution in [3.05, 3.63) is 17.1 Å². The van der Waals surface area contributed by atoms with Crippen LogP contribution in [0.3, 0.4) is 0 Å². The third kappa shape index (κ3) is 3.86. The summed E-state index contributed by atoms with van der Waals surface area (Å²) in [5.74, 6) is 3.07. The molecule has 3 heterocycles. The monoisotopic (exact) mass is 356 g/mol. The van der Waals surface area contributed by atoms with Crippen LogP contribution in [0.1, 0.15) is 74.9 Å². The molecule has 3 aliphatic rings. The quantitative estimate of drug-likeness (QED) is 0.826. The van der Waals surface area contributed by atoms with Gasteiger partial charge in [-0.25, -0.2) is 9.97 Å². The molecule has 4 rings (SSSR count). The zero-order valence-electron chi connectivity index (χ0n) is 16.2. The van der Waals surface area contributed by atoms with Gasteiger partial charge in [-0.1, -0.05) is 25.7 Å². The Kier molecular flexibility index (Phi) is 5.41. The lowest BCUT2D eigenvalue weighted by Crippen LogP contribution is -2.39. The molecule has 0 N–H and O–H groups in total. The van der Waals surface area contributed by atoms with Crippen LogP contribution in [-0.4, -0.2) is 40.4 Å². The number of aryl methyl sites for hydroxylation is 1. The van der Waals surface area contributed by atoms with Crippen molar-refractivity contribution < 1.29 is 4.79 Å². The zero-order valence-corrected chi connectivity index (χ0v) is 16.2. The first kappa shape index (κ1) is 17.7. The van der Waals surface area contributed by atoms with Crippen molar-refractivity contribution in [2.75, 3.05) is 24.5 Å². The molecule has 1 amide bonds. The topological polar surface area (TPSA) is 49.3 Å². The normalized spacial score (nSPS) is 21.1. The molecular weight excluding hydrogens is 324 g/mol. The molecule has 1 aromatic rings. The fourth-order valence-electron chi connectivity index (χ4n) is 4.88.